The Morgan fingerprint density at radius 1 is 1.35 bits per heavy atom. The third-order valence-electron chi connectivity index (χ3n) is 5.04. The van der Waals surface area contributed by atoms with Gasteiger partial charge in [-0.2, -0.15) is 0 Å². The number of aryl methyl sites for hydroxylation is 2. The van der Waals surface area contributed by atoms with E-state index in [0.717, 1.165) is 42.7 Å². The Labute approximate surface area is 150 Å². The normalized spacial score (nSPS) is 20.0. The van der Waals surface area contributed by atoms with E-state index in [1.54, 1.807) is 4.90 Å². The molecule has 1 N–H and O–H groups in total. The second-order valence-corrected chi connectivity index (χ2v) is 6.83. The number of amides is 1. The van der Waals surface area contributed by atoms with Gasteiger partial charge in [0.2, 0.25) is 0 Å². The maximum atomic E-state index is 12.9. The van der Waals surface area contributed by atoms with Crippen LogP contribution in [0.25, 0.3) is 0 Å². The molecule has 0 saturated carbocycles. The van der Waals surface area contributed by atoms with E-state index < -0.39 is 0 Å². The number of aromatic amines is 1. The average molecular weight is 358 g/mol. The van der Waals surface area contributed by atoms with Crippen molar-refractivity contribution in [1.82, 2.24) is 20.0 Å². The van der Waals surface area contributed by atoms with E-state index in [1.165, 1.54) is 12.4 Å². The Morgan fingerprint density at radius 2 is 2.23 bits per heavy atom. The first-order chi connectivity index (χ1) is 12.7. The molecular formula is C18H22N4O4. The van der Waals surface area contributed by atoms with Crippen molar-refractivity contribution in [1.29, 1.82) is 0 Å². The fraction of sp³-hybridized carbons (Fsp3) is 0.556. The van der Waals surface area contributed by atoms with Gasteiger partial charge < -0.3 is 19.1 Å². The molecule has 2 aromatic heterocycles. The molecule has 8 heteroatoms. The molecule has 0 aromatic carbocycles. The molecule has 8 nitrogen and oxygen atoms in total. The van der Waals surface area contributed by atoms with Crippen LogP contribution in [0.15, 0.2) is 21.7 Å². The van der Waals surface area contributed by atoms with Crippen LogP contribution in [0.1, 0.15) is 46.8 Å². The van der Waals surface area contributed by atoms with Crippen LogP contribution in [-0.4, -0.2) is 51.7 Å². The van der Waals surface area contributed by atoms with Crippen LogP contribution < -0.4 is 5.56 Å². The van der Waals surface area contributed by atoms with Crippen LogP contribution in [0.2, 0.25) is 0 Å². The van der Waals surface area contributed by atoms with Crippen molar-refractivity contribution in [3.8, 4) is 0 Å². The van der Waals surface area contributed by atoms with Crippen molar-refractivity contribution in [3.63, 3.8) is 0 Å². The second-order valence-electron chi connectivity index (χ2n) is 6.83. The minimum Gasteiger partial charge on any atom is -0.375 e. The van der Waals surface area contributed by atoms with Gasteiger partial charge in [0.05, 0.1) is 19.0 Å². The van der Waals surface area contributed by atoms with E-state index in [9.17, 15) is 9.59 Å². The van der Waals surface area contributed by atoms with Gasteiger partial charge in [0.25, 0.3) is 11.5 Å². The molecule has 0 bridgehead atoms. The maximum Gasteiger partial charge on any atom is 0.276 e. The number of hydrogen-bond donors (Lipinski definition) is 1. The van der Waals surface area contributed by atoms with Crippen LogP contribution in [-0.2, 0) is 24.0 Å². The maximum absolute atomic E-state index is 12.9. The standard InChI is InChI=1S/C18H22N4O4/c23-16-9-12(19-11-20-16)5-6-13-10-22(7-8-25-13)18(24)17-14-3-1-2-4-15(14)26-21-17/h9,11,13H,1-8,10H2,(H,19,20,23). The summed E-state index contributed by atoms with van der Waals surface area (Å²) in [6.07, 6.45) is 6.56. The average Bonchev–Trinajstić information content (AvgIpc) is 3.10. The third kappa shape index (κ3) is 3.55. The van der Waals surface area contributed by atoms with Gasteiger partial charge in [0.15, 0.2) is 5.69 Å². The number of ether oxygens (including phenoxy) is 1. The summed E-state index contributed by atoms with van der Waals surface area (Å²) in [6, 6.07) is 1.49. The molecule has 138 valence electrons. The summed E-state index contributed by atoms with van der Waals surface area (Å²) in [4.78, 5) is 32.7. The first kappa shape index (κ1) is 17.0. The molecule has 3 heterocycles. The summed E-state index contributed by atoms with van der Waals surface area (Å²) in [5.74, 6) is 0.796. The molecule has 1 aliphatic carbocycles. The second kappa shape index (κ2) is 7.41. The first-order valence-electron chi connectivity index (χ1n) is 9.12. The zero-order chi connectivity index (χ0) is 17.9. The highest BCUT2D eigenvalue weighted by atomic mass is 16.5. The number of nitrogens with zero attached hydrogens (tertiary/aromatic N) is 3. The summed E-state index contributed by atoms with van der Waals surface area (Å²) in [5, 5.41) is 4.05. The summed E-state index contributed by atoms with van der Waals surface area (Å²) in [5.41, 5.74) is 2.02. The van der Waals surface area contributed by atoms with Crippen molar-refractivity contribution in [3.05, 3.63) is 45.5 Å². The van der Waals surface area contributed by atoms with E-state index in [-0.39, 0.29) is 17.6 Å². The lowest BCUT2D eigenvalue weighted by Gasteiger charge is -2.32. The smallest absolute Gasteiger partial charge is 0.276 e. The highest BCUT2D eigenvalue weighted by Gasteiger charge is 2.30. The Hall–Kier alpha value is -2.48. The third-order valence-corrected chi connectivity index (χ3v) is 5.04. The van der Waals surface area contributed by atoms with Crippen LogP contribution in [0.4, 0.5) is 0 Å². The van der Waals surface area contributed by atoms with Gasteiger partial charge in [-0.05, 0) is 32.1 Å². The number of rotatable bonds is 4. The van der Waals surface area contributed by atoms with Crippen molar-refractivity contribution < 1.29 is 14.1 Å². The number of nitrogens with one attached hydrogen (secondary N) is 1. The number of morpholine rings is 1. The van der Waals surface area contributed by atoms with Gasteiger partial charge in [-0.25, -0.2) is 4.98 Å². The summed E-state index contributed by atoms with van der Waals surface area (Å²) in [7, 11) is 0. The van der Waals surface area contributed by atoms with Crippen molar-refractivity contribution in [2.75, 3.05) is 19.7 Å². The van der Waals surface area contributed by atoms with E-state index in [2.05, 4.69) is 15.1 Å². The predicted octanol–water partition coefficient (Wildman–Crippen LogP) is 1.11. The topological polar surface area (TPSA) is 101 Å². The van der Waals surface area contributed by atoms with E-state index >= 15 is 0 Å². The number of hydrogen-bond acceptors (Lipinski definition) is 6. The highest BCUT2D eigenvalue weighted by molar-refractivity contribution is 5.94. The van der Waals surface area contributed by atoms with E-state index in [1.807, 2.05) is 0 Å². The molecule has 26 heavy (non-hydrogen) atoms. The largest absolute Gasteiger partial charge is 0.375 e. The number of carbonyl (C=O) groups excluding carboxylic acids is 1. The first-order valence-corrected chi connectivity index (χ1v) is 9.12. The molecule has 1 saturated heterocycles. The predicted molar refractivity (Wildman–Crippen MR) is 92.0 cm³/mol. The van der Waals surface area contributed by atoms with Crippen LogP contribution >= 0.6 is 0 Å². The minimum atomic E-state index is -0.160. The number of H-pyrrole nitrogens is 1. The van der Waals surface area contributed by atoms with Gasteiger partial charge in [0, 0.05) is 36.8 Å². The fourth-order valence-corrected chi connectivity index (χ4v) is 3.64. The molecule has 1 aliphatic heterocycles. The summed E-state index contributed by atoms with van der Waals surface area (Å²) < 4.78 is 11.2. The summed E-state index contributed by atoms with van der Waals surface area (Å²) >= 11 is 0. The summed E-state index contributed by atoms with van der Waals surface area (Å²) in [6.45, 7) is 1.57. The van der Waals surface area contributed by atoms with Gasteiger partial charge in [-0.15, -0.1) is 0 Å². The molecule has 1 atom stereocenters. The lowest BCUT2D eigenvalue weighted by molar-refractivity contribution is -0.0250. The molecule has 1 fully saturated rings. The lowest BCUT2D eigenvalue weighted by atomic mass is 9.96. The van der Waals surface area contributed by atoms with Crippen molar-refractivity contribution in [2.45, 2.75) is 44.6 Å². The van der Waals surface area contributed by atoms with E-state index in [4.69, 9.17) is 9.26 Å². The Balaban J connectivity index is 1.39. The Morgan fingerprint density at radius 3 is 3.12 bits per heavy atom. The highest BCUT2D eigenvalue weighted by Crippen LogP contribution is 2.25. The minimum absolute atomic E-state index is 0.0699. The zero-order valence-electron chi connectivity index (χ0n) is 14.6. The quantitative estimate of drug-likeness (QED) is 0.879. The molecule has 0 spiro atoms. The van der Waals surface area contributed by atoms with Gasteiger partial charge in [-0.1, -0.05) is 5.16 Å². The fourth-order valence-electron chi connectivity index (χ4n) is 3.64. The Kier molecular flexibility index (Phi) is 4.83. The van der Waals surface area contributed by atoms with Crippen LogP contribution in [0.5, 0.6) is 0 Å². The molecule has 2 aliphatic rings. The number of aromatic nitrogens is 3. The monoisotopic (exact) mass is 358 g/mol. The van der Waals surface area contributed by atoms with Gasteiger partial charge in [-0.3, -0.25) is 9.59 Å². The molecule has 0 radical (unpaired) electrons. The van der Waals surface area contributed by atoms with Crippen LogP contribution in [0, 0.1) is 0 Å². The Bertz CT molecular complexity index is 844. The van der Waals surface area contributed by atoms with Crippen molar-refractivity contribution >= 4 is 5.91 Å². The molecule has 4 rings (SSSR count). The number of carbonyl (C=O) groups is 1. The molecule has 2 aromatic rings. The molecule has 1 unspecified atom stereocenters. The number of fused-ring (bicyclic) bond motifs is 1. The van der Waals surface area contributed by atoms with Gasteiger partial charge >= 0.3 is 0 Å². The lowest BCUT2D eigenvalue weighted by Crippen LogP contribution is -2.46. The van der Waals surface area contributed by atoms with Crippen molar-refractivity contribution in [2.24, 2.45) is 0 Å². The molecular weight excluding hydrogens is 336 g/mol. The molecule has 1 amide bonds. The van der Waals surface area contributed by atoms with E-state index in [0.29, 0.717) is 38.2 Å². The van der Waals surface area contributed by atoms with Gasteiger partial charge in [0.1, 0.15) is 5.76 Å². The zero-order valence-corrected chi connectivity index (χ0v) is 14.6. The van der Waals surface area contributed by atoms with Crippen LogP contribution in [0.3, 0.4) is 0 Å². The SMILES string of the molecule is O=C(c1noc2c1CCCC2)N1CCOC(CCc2cc(=O)[nH]cn2)C1.